The van der Waals surface area contributed by atoms with E-state index in [1.807, 2.05) is 30.3 Å². The first kappa shape index (κ1) is 12.7. The largest absolute Gasteiger partial charge is 0.423 e. The molecule has 0 radical (unpaired) electrons. The van der Waals surface area contributed by atoms with E-state index in [9.17, 15) is 0 Å². The molecule has 1 fully saturated rings. The van der Waals surface area contributed by atoms with Crippen molar-refractivity contribution < 1.29 is 4.42 Å². The highest BCUT2D eigenvalue weighted by molar-refractivity contribution is 6.22. The molecule has 1 atom stereocenters. The van der Waals surface area contributed by atoms with E-state index < -0.39 is 0 Å². The summed E-state index contributed by atoms with van der Waals surface area (Å²) in [6.45, 7) is 2.20. The van der Waals surface area contributed by atoms with Gasteiger partial charge < -0.3 is 4.42 Å². The number of hydrogen-bond donors (Lipinski definition) is 0. The van der Waals surface area contributed by atoms with Gasteiger partial charge in [0, 0.05) is 5.41 Å². The average molecular weight is 277 g/mol. The molecule has 1 aliphatic carbocycles. The molecule has 0 bridgehead atoms. The summed E-state index contributed by atoms with van der Waals surface area (Å²) in [7, 11) is 0. The quantitative estimate of drug-likeness (QED) is 0.788. The predicted octanol–water partition coefficient (Wildman–Crippen LogP) is 4.23. The minimum atomic E-state index is -0.368. The number of aromatic nitrogens is 2. The van der Waals surface area contributed by atoms with Gasteiger partial charge in [0.1, 0.15) is 5.38 Å². The first-order chi connectivity index (χ1) is 9.19. The fourth-order valence-corrected chi connectivity index (χ4v) is 2.95. The minimum Gasteiger partial charge on any atom is -0.423 e. The maximum atomic E-state index is 6.40. The Hall–Kier alpha value is -1.35. The van der Waals surface area contributed by atoms with E-state index in [1.165, 1.54) is 12.8 Å². The molecule has 3 rings (SSSR count). The fourth-order valence-electron chi connectivity index (χ4n) is 2.71. The summed E-state index contributed by atoms with van der Waals surface area (Å²) in [5.74, 6) is 1.23. The smallest absolute Gasteiger partial charge is 0.238 e. The van der Waals surface area contributed by atoms with Crippen molar-refractivity contribution in [2.24, 2.45) is 0 Å². The first-order valence-corrected chi connectivity index (χ1v) is 7.16. The van der Waals surface area contributed by atoms with Gasteiger partial charge in [-0.2, -0.15) is 0 Å². The van der Waals surface area contributed by atoms with Crippen LogP contribution in [0.4, 0.5) is 0 Å². The third kappa shape index (κ3) is 2.39. The molecule has 0 saturated heterocycles. The summed E-state index contributed by atoms with van der Waals surface area (Å²) in [5.41, 5.74) is 1.02. The monoisotopic (exact) mass is 276 g/mol. The second kappa shape index (κ2) is 4.97. The first-order valence-electron chi connectivity index (χ1n) is 6.72. The molecule has 4 heteroatoms. The van der Waals surface area contributed by atoms with Gasteiger partial charge in [0.2, 0.25) is 11.8 Å². The second-order valence-corrected chi connectivity index (χ2v) is 5.92. The van der Waals surface area contributed by atoms with E-state index in [0.717, 1.165) is 24.3 Å². The number of rotatable bonds is 3. The van der Waals surface area contributed by atoms with Gasteiger partial charge in [0.05, 0.1) is 0 Å². The predicted molar refractivity (Wildman–Crippen MR) is 74.3 cm³/mol. The zero-order chi connectivity index (χ0) is 13.3. The maximum absolute atomic E-state index is 6.40. The van der Waals surface area contributed by atoms with Gasteiger partial charge in [-0.05, 0) is 18.4 Å². The van der Waals surface area contributed by atoms with Crippen molar-refractivity contribution in [3.8, 4) is 0 Å². The van der Waals surface area contributed by atoms with Crippen molar-refractivity contribution in [2.75, 3.05) is 0 Å². The third-order valence-electron chi connectivity index (χ3n) is 3.97. The molecular formula is C15H17ClN2O. The summed E-state index contributed by atoms with van der Waals surface area (Å²) in [6.07, 6.45) is 4.70. The Morgan fingerprint density at radius 2 is 1.84 bits per heavy atom. The molecule has 100 valence electrons. The van der Waals surface area contributed by atoms with Crippen LogP contribution < -0.4 is 0 Å². The third-order valence-corrected chi connectivity index (χ3v) is 4.41. The number of alkyl halides is 1. The van der Waals surface area contributed by atoms with Crippen LogP contribution in [0.15, 0.2) is 34.7 Å². The Morgan fingerprint density at radius 3 is 2.53 bits per heavy atom. The van der Waals surface area contributed by atoms with E-state index in [4.69, 9.17) is 16.0 Å². The molecule has 0 aliphatic heterocycles. The number of hydrogen-bond acceptors (Lipinski definition) is 3. The van der Waals surface area contributed by atoms with E-state index >= 15 is 0 Å². The lowest BCUT2D eigenvalue weighted by Crippen LogP contribution is -2.17. The van der Waals surface area contributed by atoms with Crippen LogP contribution in [0, 0.1) is 0 Å². The van der Waals surface area contributed by atoms with Crippen LogP contribution in [-0.2, 0) is 5.41 Å². The van der Waals surface area contributed by atoms with Crippen LogP contribution >= 0.6 is 11.6 Å². The average Bonchev–Trinajstić information content (AvgIpc) is 3.08. The SMILES string of the molecule is CC1(c2nnc(C(Cl)c3ccccc3)o2)CCCC1. The lowest BCUT2D eigenvalue weighted by molar-refractivity contribution is 0.338. The summed E-state index contributed by atoms with van der Waals surface area (Å²) in [4.78, 5) is 0. The van der Waals surface area contributed by atoms with Crippen molar-refractivity contribution in [2.45, 2.75) is 43.4 Å². The molecule has 1 unspecified atom stereocenters. The molecule has 1 saturated carbocycles. The highest BCUT2D eigenvalue weighted by Crippen LogP contribution is 2.40. The Kier molecular flexibility index (Phi) is 3.31. The normalized spacial score (nSPS) is 19.5. The molecule has 1 heterocycles. The van der Waals surface area contributed by atoms with Crippen LogP contribution in [0.25, 0.3) is 0 Å². The lowest BCUT2D eigenvalue weighted by Gasteiger charge is -2.17. The van der Waals surface area contributed by atoms with Gasteiger partial charge in [-0.25, -0.2) is 0 Å². The molecule has 1 aromatic carbocycles. The summed E-state index contributed by atoms with van der Waals surface area (Å²) in [5, 5.41) is 7.98. The molecule has 2 aromatic rings. The Morgan fingerprint density at radius 1 is 1.16 bits per heavy atom. The van der Waals surface area contributed by atoms with Gasteiger partial charge in [-0.15, -0.1) is 21.8 Å². The standard InChI is InChI=1S/C15H17ClN2O/c1-15(9-5-6-10-15)14-18-17-13(19-14)12(16)11-7-3-2-4-8-11/h2-4,7-8,12H,5-6,9-10H2,1H3. The molecule has 0 spiro atoms. The van der Waals surface area contributed by atoms with E-state index in [2.05, 4.69) is 17.1 Å². The molecular weight excluding hydrogens is 260 g/mol. The van der Waals surface area contributed by atoms with Gasteiger partial charge in [-0.1, -0.05) is 50.1 Å². The van der Waals surface area contributed by atoms with Crippen LogP contribution in [0.5, 0.6) is 0 Å². The van der Waals surface area contributed by atoms with Crippen molar-refractivity contribution in [1.29, 1.82) is 0 Å². The topological polar surface area (TPSA) is 38.9 Å². The highest BCUT2D eigenvalue weighted by Gasteiger charge is 2.36. The lowest BCUT2D eigenvalue weighted by atomic mass is 9.89. The molecule has 0 N–H and O–H groups in total. The summed E-state index contributed by atoms with van der Waals surface area (Å²) in [6, 6.07) is 9.82. The van der Waals surface area contributed by atoms with Gasteiger partial charge in [0.25, 0.3) is 0 Å². The zero-order valence-corrected chi connectivity index (χ0v) is 11.7. The number of nitrogens with zero attached hydrogens (tertiary/aromatic N) is 2. The van der Waals surface area contributed by atoms with Gasteiger partial charge >= 0.3 is 0 Å². The highest BCUT2D eigenvalue weighted by atomic mass is 35.5. The van der Waals surface area contributed by atoms with Crippen molar-refractivity contribution in [1.82, 2.24) is 10.2 Å². The fraction of sp³-hybridized carbons (Fsp3) is 0.467. The molecule has 0 amide bonds. The zero-order valence-electron chi connectivity index (χ0n) is 11.0. The Labute approximate surface area is 118 Å². The van der Waals surface area contributed by atoms with Crippen LogP contribution in [-0.4, -0.2) is 10.2 Å². The molecule has 1 aliphatic rings. The van der Waals surface area contributed by atoms with Crippen LogP contribution in [0.2, 0.25) is 0 Å². The molecule has 19 heavy (non-hydrogen) atoms. The van der Waals surface area contributed by atoms with Crippen LogP contribution in [0.3, 0.4) is 0 Å². The number of halogens is 1. The van der Waals surface area contributed by atoms with E-state index in [0.29, 0.717) is 5.89 Å². The number of benzene rings is 1. The molecule has 1 aromatic heterocycles. The van der Waals surface area contributed by atoms with E-state index in [-0.39, 0.29) is 10.8 Å². The minimum absolute atomic E-state index is 0.0402. The second-order valence-electron chi connectivity index (χ2n) is 5.49. The Balaban J connectivity index is 1.85. The maximum Gasteiger partial charge on any atom is 0.238 e. The van der Waals surface area contributed by atoms with Gasteiger partial charge in [-0.3, -0.25) is 0 Å². The van der Waals surface area contributed by atoms with Gasteiger partial charge in [0.15, 0.2) is 0 Å². The molecule has 3 nitrogen and oxygen atoms in total. The Bertz CT molecular complexity index is 546. The van der Waals surface area contributed by atoms with Crippen molar-refractivity contribution >= 4 is 11.6 Å². The van der Waals surface area contributed by atoms with Crippen molar-refractivity contribution in [3.63, 3.8) is 0 Å². The summed E-state index contributed by atoms with van der Waals surface area (Å²) < 4.78 is 5.83. The summed E-state index contributed by atoms with van der Waals surface area (Å²) >= 11 is 6.40. The van der Waals surface area contributed by atoms with Crippen molar-refractivity contribution in [3.05, 3.63) is 47.7 Å². The van der Waals surface area contributed by atoms with Crippen LogP contribution in [0.1, 0.15) is 55.3 Å². The van der Waals surface area contributed by atoms with E-state index in [1.54, 1.807) is 0 Å².